The zero-order valence-corrected chi connectivity index (χ0v) is 17.4. The summed E-state index contributed by atoms with van der Waals surface area (Å²) in [6.45, 7) is 4.84. The monoisotopic (exact) mass is 426 g/mol. The standard InChI is InChI=1S/C22H24F2N6O/c1-3-26-18-9-13(23)8-16-20(18)29-21(31)22(16,2)30-7-6-17(24)19(12-30)28-15-5-4-14(10-25)27-11-15/h4-5,8-9,11,17,19,26,28H,3,6-7,12H2,1-2H3,(H,29,31)/t17?,19?,22-/m0/s1. The first kappa shape index (κ1) is 21.0. The molecule has 2 aromatic rings. The quantitative estimate of drug-likeness (QED) is 0.680. The fourth-order valence-electron chi connectivity index (χ4n) is 4.35. The van der Waals surface area contributed by atoms with E-state index in [1.54, 1.807) is 19.1 Å². The van der Waals surface area contributed by atoms with E-state index in [1.165, 1.54) is 18.3 Å². The molecule has 3 heterocycles. The molecule has 31 heavy (non-hydrogen) atoms. The van der Waals surface area contributed by atoms with Gasteiger partial charge in [0.25, 0.3) is 0 Å². The number of carbonyl (C=O) groups is 1. The maximum Gasteiger partial charge on any atom is 0.249 e. The highest BCUT2D eigenvalue weighted by Crippen LogP contribution is 2.45. The van der Waals surface area contributed by atoms with E-state index in [2.05, 4.69) is 20.9 Å². The number of aromatic nitrogens is 1. The Balaban J connectivity index is 1.62. The van der Waals surface area contributed by atoms with E-state index in [0.29, 0.717) is 35.7 Å². The van der Waals surface area contributed by atoms with E-state index < -0.39 is 23.6 Å². The molecule has 0 saturated carbocycles. The fourth-order valence-corrected chi connectivity index (χ4v) is 4.35. The molecule has 1 aromatic heterocycles. The van der Waals surface area contributed by atoms with E-state index in [0.717, 1.165) is 0 Å². The Kier molecular flexibility index (Phi) is 5.50. The molecule has 4 rings (SSSR count). The Morgan fingerprint density at radius 1 is 1.42 bits per heavy atom. The average Bonchev–Trinajstić information content (AvgIpc) is 3.02. The first-order valence-electron chi connectivity index (χ1n) is 10.3. The predicted octanol–water partition coefficient (Wildman–Crippen LogP) is 3.22. The van der Waals surface area contributed by atoms with Crippen LogP contribution in [0.15, 0.2) is 30.5 Å². The second kappa shape index (κ2) is 8.12. The van der Waals surface area contributed by atoms with Crippen molar-refractivity contribution in [1.82, 2.24) is 9.88 Å². The van der Waals surface area contributed by atoms with Gasteiger partial charge in [-0.25, -0.2) is 13.8 Å². The van der Waals surface area contributed by atoms with Gasteiger partial charge in [0.1, 0.15) is 29.3 Å². The van der Waals surface area contributed by atoms with Crippen LogP contribution in [0, 0.1) is 17.1 Å². The van der Waals surface area contributed by atoms with Crippen molar-refractivity contribution in [3.05, 3.63) is 47.5 Å². The Morgan fingerprint density at radius 2 is 2.23 bits per heavy atom. The molecule has 1 fully saturated rings. The number of hydrogen-bond donors (Lipinski definition) is 3. The average molecular weight is 426 g/mol. The van der Waals surface area contributed by atoms with E-state index in [9.17, 15) is 13.6 Å². The van der Waals surface area contributed by atoms with Crippen molar-refractivity contribution in [3.8, 4) is 6.07 Å². The summed E-state index contributed by atoms with van der Waals surface area (Å²) in [5, 5.41) is 18.0. The number of fused-ring (bicyclic) bond motifs is 1. The van der Waals surface area contributed by atoms with Crippen LogP contribution < -0.4 is 16.0 Å². The normalized spacial score (nSPS) is 25.5. The molecule has 162 valence electrons. The van der Waals surface area contributed by atoms with Gasteiger partial charge in [0.15, 0.2) is 0 Å². The summed E-state index contributed by atoms with van der Waals surface area (Å²) in [6.07, 6.45) is 0.598. The Morgan fingerprint density at radius 3 is 2.90 bits per heavy atom. The first-order valence-corrected chi connectivity index (χ1v) is 10.3. The lowest BCUT2D eigenvalue weighted by Crippen LogP contribution is -2.58. The molecule has 0 radical (unpaired) electrons. The molecule has 0 spiro atoms. The summed E-state index contributed by atoms with van der Waals surface area (Å²) in [5.74, 6) is -0.695. The summed E-state index contributed by atoms with van der Waals surface area (Å²) in [4.78, 5) is 19.0. The minimum atomic E-state index is -1.12. The molecule has 1 aromatic carbocycles. The molecular weight excluding hydrogens is 402 g/mol. The first-order chi connectivity index (χ1) is 14.9. The zero-order valence-electron chi connectivity index (χ0n) is 17.4. The number of alkyl halides is 1. The Labute approximate surface area is 179 Å². The Bertz CT molecular complexity index is 1040. The molecule has 1 saturated heterocycles. The number of halogens is 2. The molecule has 2 aliphatic rings. The number of nitriles is 1. The molecule has 9 heteroatoms. The van der Waals surface area contributed by atoms with Gasteiger partial charge in [-0.3, -0.25) is 9.69 Å². The Hall–Kier alpha value is -3.25. The lowest BCUT2D eigenvalue weighted by atomic mass is 9.87. The van der Waals surface area contributed by atoms with Crippen LogP contribution in [0.5, 0.6) is 0 Å². The van der Waals surface area contributed by atoms with Gasteiger partial charge in [-0.15, -0.1) is 0 Å². The van der Waals surface area contributed by atoms with Crippen LogP contribution in [0.4, 0.5) is 25.8 Å². The minimum Gasteiger partial charge on any atom is -0.384 e. The zero-order chi connectivity index (χ0) is 22.2. The summed E-state index contributed by atoms with van der Waals surface area (Å²) < 4.78 is 29.1. The lowest BCUT2D eigenvalue weighted by Gasteiger charge is -2.43. The number of nitrogens with one attached hydrogen (secondary N) is 3. The van der Waals surface area contributed by atoms with Crippen molar-refractivity contribution in [3.63, 3.8) is 0 Å². The number of likely N-dealkylation sites (tertiary alicyclic amines) is 1. The number of nitrogens with zero attached hydrogens (tertiary/aromatic N) is 3. The van der Waals surface area contributed by atoms with Crippen LogP contribution in [0.3, 0.4) is 0 Å². The summed E-state index contributed by atoms with van der Waals surface area (Å²) in [7, 11) is 0. The molecular formula is C22H24F2N6O. The van der Waals surface area contributed by atoms with Gasteiger partial charge in [-0.1, -0.05) is 0 Å². The number of pyridine rings is 1. The molecule has 1 amide bonds. The molecule has 2 aliphatic heterocycles. The number of carbonyl (C=O) groups excluding carboxylic acids is 1. The van der Waals surface area contributed by atoms with E-state index >= 15 is 0 Å². The third-order valence-corrected chi connectivity index (χ3v) is 6.07. The third kappa shape index (κ3) is 3.68. The van der Waals surface area contributed by atoms with Crippen molar-refractivity contribution in [2.75, 3.05) is 35.6 Å². The van der Waals surface area contributed by atoms with Crippen molar-refractivity contribution in [1.29, 1.82) is 5.26 Å². The molecule has 3 N–H and O–H groups in total. The minimum absolute atomic E-state index is 0.231. The number of anilines is 3. The van der Waals surface area contributed by atoms with Gasteiger partial charge >= 0.3 is 0 Å². The largest absolute Gasteiger partial charge is 0.384 e. The second-order valence-electron chi connectivity index (χ2n) is 7.98. The second-order valence-corrected chi connectivity index (χ2v) is 7.98. The highest BCUT2D eigenvalue weighted by molar-refractivity contribution is 6.08. The van der Waals surface area contributed by atoms with Crippen molar-refractivity contribution >= 4 is 23.0 Å². The molecule has 3 atom stereocenters. The molecule has 2 unspecified atom stereocenters. The van der Waals surface area contributed by atoms with Crippen LogP contribution in [-0.2, 0) is 10.3 Å². The van der Waals surface area contributed by atoms with Crippen LogP contribution in [0.1, 0.15) is 31.5 Å². The van der Waals surface area contributed by atoms with Gasteiger partial charge in [0, 0.05) is 25.2 Å². The van der Waals surface area contributed by atoms with Crippen molar-refractivity contribution in [2.45, 2.75) is 38.0 Å². The smallest absolute Gasteiger partial charge is 0.249 e. The van der Waals surface area contributed by atoms with Crippen LogP contribution in [0.25, 0.3) is 0 Å². The van der Waals surface area contributed by atoms with Gasteiger partial charge in [0.2, 0.25) is 5.91 Å². The summed E-state index contributed by atoms with van der Waals surface area (Å²) in [6, 6.07) is 7.34. The van der Waals surface area contributed by atoms with Gasteiger partial charge < -0.3 is 16.0 Å². The SMILES string of the molecule is CCNc1cc(F)cc2c1NC(=O)[C@@]2(C)N1CCC(F)C(Nc2ccc(C#N)nc2)C1. The number of hydrogen-bond acceptors (Lipinski definition) is 6. The lowest BCUT2D eigenvalue weighted by molar-refractivity contribution is -0.128. The van der Waals surface area contributed by atoms with Crippen LogP contribution in [0.2, 0.25) is 0 Å². The number of amides is 1. The molecule has 0 bridgehead atoms. The third-order valence-electron chi connectivity index (χ3n) is 6.07. The van der Waals surface area contributed by atoms with Crippen molar-refractivity contribution in [2.24, 2.45) is 0 Å². The van der Waals surface area contributed by atoms with Gasteiger partial charge in [-0.05, 0) is 44.5 Å². The van der Waals surface area contributed by atoms with E-state index in [1.807, 2.05) is 17.9 Å². The molecule has 7 nitrogen and oxygen atoms in total. The highest BCUT2D eigenvalue weighted by atomic mass is 19.1. The molecule has 0 aliphatic carbocycles. The topological polar surface area (TPSA) is 93.1 Å². The number of rotatable bonds is 5. The fraction of sp³-hybridized carbons (Fsp3) is 0.409. The summed E-state index contributed by atoms with van der Waals surface area (Å²) in [5.41, 5.74) is 1.40. The maximum absolute atomic E-state index is 14.8. The van der Waals surface area contributed by atoms with Crippen molar-refractivity contribution < 1.29 is 13.6 Å². The maximum atomic E-state index is 14.8. The van der Waals surface area contributed by atoms with Gasteiger partial charge in [0.05, 0.1) is 29.3 Å². The van der Waals surface area contributed by atoms with Crippen LogP contribution in [-0.4, -0.2) is 47.6 Å². The van der Waals surface area contributed by atoms with Crippen LogP contribution >= 0.6 is 0 Å². The number of piperidine rings is 1. The van der Waals surface area contributed by atoms with Gasteiger partial charge in [-0.2, -0.15) is 5.26 Å². The number of benzene rings is 1. The van der Waals surface area contributed by atoms with E-state index in [-0.39, 0.29) is 24.6 Å². The predicted molar refractivity (Wildman–Crippen MR) is 114 cm³/mol. The summed E-state index contributed by atoms with van der Waals surface area (Å²) >= 11 is 0. The van der Waals surface area contributed by atoms with E-state index in [4.69, 9.17) is 5.26 Å². The highest BCUT2D eigenvalue weighted by Gasteiger charge is 2.50.